The lowest BCUT2D eigenvalue weighted by atomic mass is 10.1. The Morgan fingerprint density at radius 2 is 2.00 bits per heavy atom. The first-order valence-corrected chi connectivity index (χ1v) is 6.72. The van der Waals surface area contributed by atoms with Crippen molar-refractivity contribution < 1.29 is 18.7 Å². The molecule has 6 nitrogen and oxygen atoms in total. The number of hydrogen-bond donors (Lipinski definition) is 1. The van der Waals surface area contributed by atoms with Crippen LogP contribution in [0, 0.1) is 0 Å². The molecule has 6 heteroatoms. The Bertz CT molecular complexity index is 663. The van der Waals surface area contributed by atoms with Crippen LogP contribution in [0.3, 0.4) is 0 Å². The van der Waals surface area contributed by atoms with E-state index in [4.69, 9.17) is 13.9 Å². The zero-order chi connectivity index (χ0) is 15.9. The van der Waals surface area contributed by atoms with Gasteiger partial charge in [0.1, 0.15) is 11.5 Å². The molecule has 0 unspecified atom stereocenters. The largest absolute Gasteiger partial charge is 0.493 e. The van der Waals surface area contributed by atoms with E-state index in [1.807, 2.05) is 6.07 Å². The summed E-state index contributed by atoms with van der Waals surface area (Å²) >= 11 is 0. The molecule has 0 bridgehead atoms. The Balaban J connectivity index is 1.99. The molecule has 1 aromatic heterocycles. The zero-order valence-electron chi connectivity index (χ0n) is 12.8. The molecule has 0 saturated heterocycles. The second kappa shape index (κ2) is 7.31. The Hall–Kier alpha value is -2.76. The third-order valence-corrected chi connectivity index (χ3v) is 3.04. The summed E-state index contributed by atoms with van der Waals surface area (Å²) in [5, 5.41) is 4.01. The van der Waals surface area contributed by atoms with E-state index in [-0.39, 0.29) is 12.3 Å². The van der Waals surface area contributed by atoms with E-state index in [1.165, 1.54) is 0 Å². The summed E-state index contributed by atoms with van der Waals surface area (Å²) in [5.74, 6) is 1.60. The summed E-state index contributed by atoms with van der Waals surface area (Å²) in [6, 6.07) is 8.88. The number of carbonyl (C=O) groups excluding carboxylic acids is 1. The smallest absolute Gasteiger partial charge is 0.244 e. The topological polar surface area (TPSA) is 73.1 Å². The van der Waals surface area contributed by atoms with Gasteiger partial charge in [0.15, 0.2) is 11.5 Å². The number of hydrogen-bond acceptors (Lipinski definition) is 5. The lowest BCUT2D eigenvalue weighted by Gasteiger charge is -2.09. The van der Waals surface area contributed by atoms with Crippen molar-refractivity contribution in [3.8, 4) is 11.5 Å². The quantitative estimate of drug-likeness (QED) is 0.657. The molecule has 0 atom stereocenters. The van der Waals surface area contributed by atoms with E-state index < -0.39 is 0 Å². The normalized spacial score (nSPS) is 11.1. The van der Waals surface area contributed by atoms with E-state index >= 15 is 0 Å². The van der Waals surface area contributed by atoms with Crippen molar-refractivity contribution in [1.29, 1.82) is 0 Å². The number of hydrazone groups is 1. The maximum atomic E-state index is 11.9. The molecule has 1 amide bonds. The van der Waals surface area contributed by atoms with E-state index in [1.54, 1.807) is 51.7 Å². The van der Waals surface area contributed by atoms with Crippen molar-refractivity contribution in [3.63, 3.8) is 0 Å². The van der Waals surface area contributed by atoms with E-state index in [2.05, 4.69) is 10.5 Å². The fourth-order valence-electron chi connectivity index (χ4n) is 1.90. The molecular weight excluding hydrogens is 284 g/mol. The molecule has 2 rings (SSSR count). The number of methoxy groups -OCH3 is 2. The number of amides is 1. The Kier molecular flexibility index (Phi) is 5.19. The summed E-state index contributed by atoms with van der Waals surface area (Å²) < 4.78 is 15.6. The summed E-state index contributed by atoms with van der Waals surface area (Å²) in [6.45, 7) is 1.76. The second-order valence-corrected chi connectivity index (χ2v) is 4.58. The van der Waals surface area contributed by atoms with Crippen LogP contribution in [0.5, 0.6) is 11.5 Å². The third-order valence-electron chi connectivity index (χ3n) is 3.04. The maximum Gasteiger partial charge on any atom is 0.244 e. The molecule has 1 heterocycles. The van der Waals surface area contributed by atoms with Crippen LogP contribution in [-0.4, -0.2) is 25.8 Å². The van der Waals surface area contributed by atoms with Gasteiger partial charge in [-0.2, -0.15) is 5.10 Å². The van der Waals surface area contributed by atoms with E-state index in [9.17, 15) is 4.79 Å². The minimum absolute atomic E-state index is 0.190. The highest BCUT2D eigenvalue weighted by atomic mass is 16.5. The predicted molar refractivity (Wildman–Crippen MR) is 82.3 cm³/mol. The third kappa shape index (κ3) is 3.88. The van der Waals surface area contributed by atoms with E-state index in [0.717, 1.165) is 5.56 Å². The van der Waals surface area contributed by atoms with Gasteiger partial charge in [-0.15, -0.1) is 0 Å². The molecule has 1 N–H and O–H groups in total. The minimum Gasteiger partial charge on any atom is -0.493 e. The van der Waals surface area contributed by atoms with Gasteiger partial charge in [0, 0.05) is 0 Å². The highest BCUT2D eigenvalue weighted by Gasteiger charge is 2.08. The first kappa shape index (κ1) is 15.6. The van der Waals surface area contributed by atoms with Gasteiger partial charge in [-0.25, -0.2) is 5.43 Å². The standard InChI is InChI=1S/C16H18N2O4/c1-11(13-5-4-8-22-13)17-18-16(19)10-12-6-7-14(20-2)15(9-12)21-3/h4-9H,10H2,1-3H3,(H,18,19). The van der Waals surface area contributed by atoms with Crippen LogP contribution in [0.1, 0.15) is 18.2 Å². The lowest BCUT2D eigenvalue weighted by molar-refractivity contribution is -0.120. The molecule has 0 saturated carbocycles. The average Bonchev–Trinajstić information content (AvgIpc) is 3.07. The summed E-state index contributed by atoms with van der Waals surface area (Å²) in [7, 11) is 3.12. The molecular formula is C16H18N2O4. The van der Waals surface area contributed by atoms with Gasteiger partial charge in [0.05, 0.1) is 26.9 Å². The number of furan rings is 1. The first-order chi connectivity index (χ1) is 10.6. The Morgan fingerprint density at radius 3 is 2.64 bits per heavy atom. The monoisotopic (exact) mass is 302 g/mol. The van der Waals surface area contributed by atoms with Crippen LogP contribution in [0.2, 0.25) is 0 Å². The molecule has 0 spiro atoms. The van der Waals surface area contributed by atoms with Crippen LogP contribution in [-0.2, 0) is 11.2 Å². The van der Waals surface area contributed by atoms with Gasteiger partial charge < -0.3 is 13.9 Å². The number of nitrogens with zero attached hydrogens (tertiary/aromatic N) is 1. The van der Waals surface area contributed by atoms with Crippen molar-refractivity contribution in [2.24, 2.45) is 5.10 Å². The Morgan fingerprint density at radius 1 is 1.23 bits per heavy atom. The van der Waals surface area contributed by atoms with Gasteiger partial charge in [-0.3, -0.25) is 4.79 Å². The first-order valence-electron chi connectivity index (χ1n) is 6.72. The van der Waals surface area contributed by atoms with Gasteiger partial charge >= 0.3 is 0 Å². The highest BCUT2D eigenvalue weighted by molar-refractivity contribution is 5.96. The molecule has 2 aromatic rings. The van der Waals surface area contributed by atoms with Crippen molar-refractivity contribution in [3.05, 3.63) is 47.9 Å². The highest BCUT2D eigenvalue weighted by Crippen LogP contribution is 2.27. The molecule has 0 fully saturated rings. The van der Waals surface area contributed by atoms with Crippen molar-refractivity contribution in [1.82, 2.24) is 5.43 Å². The number of nitrogens with one attached hydrogen (secondary N) is 1. The zero-order valence-corrected chi connectivity index (χ0v) is 12.8. The molecule has 116 valence electrons. The van der Waals surface area contributed by atoms with Crippen LogP contribution >= 0.6 is 0 Å². The van der Waals surface area contributed by atoms with E-state index in [0.29, 0.717) is 23.0 Å². The van der Waals surface area contributed by atoms with Crippen LogP contribution in [0.15, 0.2) is 46.1 Å². The van der Waals surface area contributed by atoms with Crippen LogP contribution < -0.4 is 14.9 Å². The number of carbonyl (C=O) groups is 1. The van der Waals surface area contributed by atoms with Crippen LogP contribution in [0.4, 0.5) is 0 Å². The Labute approximate surface area is 128 Å². The molecule has 0 aliphatic heterocycles. The van der Waals surface area contributed by atoms with Crippen molar-refractivity contribution in [2.45, 2.75) is 13.3 Å². The maximum absolute atomic E-state index is 11.9. The van der Waals surface area contributed by atoms with Gasteiger partial charge in [-0.1, -0.05) is 6.07 Å². The minimum atomic E-state index is -0.224. The fourth-order valence-corrected chi connectivity index (χ4v) is 1.90. The second-order valence-electron chi connectivity index (χ2n) is 4.58. The fraction of sp³-hybridized carbons (Fsp3) is 0.250. The number of benzene rings is 1. The number of ether oxygens (including phenoxy) is 2. The van der Waals surface area contributed by atoms with Crippen LogP contribution in [0.25, 0.3) is 0 Å². The van der Waals surface area contributed by atoms with Crippen molar-refractivity contribution >= 4 is 11.6 Å². The predicted octanol–water partition coefficient (Wildman–Crippen LogP) is 2.38. The number of rotatable bonds is 6. The van der Waals surface area contributed by atoms with Gasteiger partial charge in [-0.05, 0) is 36.8 Å². The molecule has 0 radical (unpaired) electrons. The van der Waals surface area contributed by atoms with Gasteiger partial charge in [0.25, 0.3) is 0 Å². The van der Waals surface area contributed by atoms with Crippen molar-refractivity contribution in [2.75, 3.05) is 14.2 Å². The molecule has 0 aliphatic carbocycles. The molecule has 1 aromatic carbocycles. The summed E-state index contributed by atoms with van der Waals surface area (Å²) in [6.07, 6.45) is 1.75. The lowest BCUT2D eigenvalue weighted by Crippen LogP contribution is -2.21. The SMILES string of the molecule is COc1ccc(CC(=O)NN=C(C)c2ccco2)cc1OC. The summed E-state index contributed by atoms with van der Waals surface area (Å²) in [5.41, 5.74) is 3.91. The summed E-state index contributed by atoms with van der Waals surface area (Å²) in [4.78, 5) is 11.9. The molecule has 22 heavy (non-hydrogen) atoms. The van der Waals surface area contributed by atoms with Gasteiger partial charge in [0.2, 0.25) is 5.91 Å². The molecule has 0 aliphatic rings. The average molecular weight is 302 g/mol.